The van der Waals surface area contributed by atoms with Gasteiger partial charge in [-0.25, -0.2) is 0 Å². The fourth-order valence-electron chi connectivity index (χ4n) is 3.33. The van der Waals surface area contributed by atoms with Crippen molar-refractivity contribution in [2.75, 3.05) is 13.1 Å². The predicted molar refractivity (Wildman–Crippen MR) is 87.9 cm³/mol. The number of hydrogen-bond donors (Lipinski definition) is 0. The minimum Gasteiger partial charge on any atom is -0.342 e. The van der Waals surface area contributed by atoms with Crippen molar-refractivity contribution in [1.82, 2.24) is 24.6 Å². The molecule has 23 heavy (non-hydrogen) atoms. The SMILES string of the molecule is CC(=O)N1CCC[C@H](c2cnc(-c3c(C)nn(C)c3C)cn2)C1. The average Bonchev–Trinajstić information content (AvgIpc) is 2.80. The zero-order valence-corrected chi connectivity index (χ0v) is 14.2. The average molecular weight is 313 g/mol. The van der Waals surface area contributed by atoms with Crippen LogP contribution in [-0.2, 0) is 11.8 Å². The topological polar surface area (TPSA) is 63.9 Å². The highest BCUT2D eigenvalue weighted by molar-refractivity contribution is 5.73. The van der Waals surface area contributed by atoms with Gasteiger partial charge in [-0.3, -0.25) is 19.4 Å². The zero-order chi connectivity index (χ0) is 16.6. The third-order valence-electron chi connectivity index (χ3n) is 4.72. The van der Waals surface area contributed by atoms with Gasteiger partial charge >= 0.3 is 0 Å². The molecule has 1 aliphatic heterocycles. The number of carbonyl (C=O) groups excluding carboxylic acids is 1. The van der Waals surface area contributed by atoms with Crippen LogP contribution in [-0.4, -0.2) is 43.6 Å². The molecule has 2 aromatic rings. The standard InChI is InChI=1S/C17H23N5O/c1-11-17(12(2)21(4)20-11)16-9-18-15(8-19-16)14-6-5-7-22(10-14)13(3)23/h8-9,14H,5-7,10H2,1-4H3/t14-/m0/s1. The molecule has 0 N–H and O–H groups in total. The van der Waals surface area contributed by atoms with E-state index in [1.807, 2.05) is 42.9 Å². The first-order valence-corrected chi connectivity index (χ1v) is 8.05. The van der Waals surface area contributed by atoms with Crippen molar-refractivity contribution in [3.8, 4) is 11.3 Å². The molecule has 1 fully saturated rings. The van der Waals surface area contributed by atoms with Gasteiger partial charge in [0, 0.05) is 50.4 Å². The van der Waals surface area contributed by atoms with Gasteiger partial charge in [-0.05, 0) is 26.7 Å². The summed E-state index contributed by atoms with van der Waals surface area (Å²) in [4.78, 5) is 22.7. The Kier molecular flexibility index (Phi) is 4.15. The lowest BCUT2D eigenvalue weighted by Crippen LogP contribution is -2.37. The van der Waals surface area contributed by atoms with Crippen LogP contribution >= 0.6 is 0 Å². The van der Waals surface area contributed by atoms with E-state index in [2.05, 4.69) is 15.1 Å². The van der Waals surface area contributed by atoms with Crippen LogP contribution in [0.3, 0.4) is 0 Å². The summed E-state index contributed by atoms with van der Waals surface area (Å²) < 4.78 is 1.87. The molecule has 0 unspecified atom stereocenters. The second-order valence-electron chi connectivity index (χ2n) is 6.30. The van der Waals surface area contributed by atoms with Crippen LogP contribution in [0, 0.1) is 13.8 Å². The number of carbonyl (C=O) groups is 1. The number of aryl methyl sites for hydroxylation is 2. The molecule has 6 heteroatoms. The third-order valence-corrected chi connectivity index (χ3v) is 4.72. The fourth-order valence-corrected chi connectivity index (χ4v) is 3.33. The van der Waals surface area contributed by atoms with Crippen molar-refractivity contribution >= 4 is 5.91 Å². The summed E-state index contributed by atoms with van der Waals surface area (Å²) in [6.07, 6.45) is 5.77. The van der Waals surface area contributed by atoms with Crippen LogP contribution in [0.4, 0.5) is 0 Å². The molecule has 122 valence electrons. The van der Waals surface area contributed by atoms with E-state index in [0.717, 1.165) is 54.3 Å². The minimum absolute atomic E-state index is 0.140. The summed E-state index contributed by atoms with van der Waals surface area (Å²) >= 11 is 0. The Morgan fingerprint density at radius 2 is 2.04 bits per heavy atom. The van der Waals surface area contributed by atoms with Crippen LogP contribution in [0.15, 0.2) is 12.4 Å². The van der Waals surface area contributed by atoms with Gasteiger partial charge < -0.3 is 4.90 Å². The monoisotopic (exact) mass is 313 g/mol. The molecule has 0 bridgehead atoms. The molecular formula is C17H23N5O. The predicted octanol–water partition coefficient (Wildman–Crippen LogP) is 2.22. The van der Waals surface area contributed by atoms with Crippen molar-refractivity contribution in [1.29, 1.82) is 0 Å². The third kappa shape index (κ3) is 2.98. The van der Waals surface area contributed by atoms with Crippen LogP contribution < -0.4 is 0 Å². The Morgan fingerprint density at radius 3 is 2.61 bits per heavy atom. The molecule has 0 spiro atoms. The van der Waals surface area contributed by atoms with Gasteiger partial charge in [0.1, 0.15) is 0 Å². The number of hydrogen-bond acceptors (Lipinski definition) is 4. The van der Waals surface area contributed by atoms with Crippen molar-refractivity contribution in [2.24, 2.45) is 7.05 Å². The zero-order valence-electron chi connectivity index (χ0n) is 14.2. The first-order valence-electron chi connectivity index (χ1n) is 8.05. The summed E-state index contributed by atoms with van der Waals surface area (Å²) in [5, 5.41) is 4.43. The lowest BCUT2D eigenvalue weighted by molar-refractivity contribution is -0.130. The summed E-state index contributed by atoms with van der Waals surface area (Å²) in [6, 6.07) is 0. The minimum atomic E-state index is 0.140. The van der Waals surface area contributed by atoms with Gasteiger partial charge in [0.25, 0.3) is 0 Å². The normalized spacial score (nSPS) is 18.3. The van der Waals surface area contributed by atoms with Gasteiger partial charge in [0.15, 0.2) is 0 Å². The molecule has 1 saturated heterocycles. The Morgan fingerprint density at radius 1 is 1.26 bits per heavy atom. The van der Waals surface area contributed by atoms with Gasteiger partial charge in [0.2, 0.25) is 5.91 Å². The van der Waals surface area contributed by atoms with E-state index >= 15 is 0 Å². The summed E-state index contributed by atoms with van der Waals surface area (Å²) in [6.45, 7) is 7.26. The van der Waals surface area contributed by atoms with Gasteiger partial charge in [-0.15, -0.1) is 0 Å². The number of likely N-dealkylation sites (tertiary alicyclic amines) is 1. The van der Waals surface area contributed by atoms with Crippen LogP contribution in [0.25, 0.3) is 11.3 Å². The highest BCUT2D eigenvalue weighted by atomic mass is 16.2. The van der Waals surface area contributed by atoms with E-state index in [1.54, 1.807) is 6.92 Å². The summed E-state index contributed by atoms with van der Waals surface area (Å²) in [5.74, 6) is 0.422. The van der Waals surface area contributed by atoms with E-state index in [9.17, 15) is 4.79 Å². The number of piperidine rings is 1. The lowest BCUT2D eigenvalue weighted by atomic mass is 9.95. The fraction of sp³-hybridized carbons (Fsp3) is 0.529. The number of rotatable bonds is 2. The molecular weight excluding hydrogens is 290 g/mol. The second kappa shape index (κ2) is 6.10. The van der Waals surface area contributed by atoms with Crippen LogP contribution in [0.2, 0.25) is 0 Å². The molecule has 1 atom stereocenters. The molecule has 0 saturated carbocycles. The van der Waals surface area contributed by atoms with Crippen molar-refractivity contribution in [2.45, 2.75) is 39.5 Å². The molecule has 6 nitrogen and oxygen atoms in total. The van der Waals surface area contributed by atoms with Gasteiger partial charge in [-0.2, -0.15) is 5.10 Å². The highest BCUT2D eigenvalue weighted by Gasteiger charge is 2.24. The second-order valence-corrected chi connectivity index (χ2v) is 6.30. The van der Waals surface area contributed by atoms with Crippen LogP contribution in [0.1, 0.15) is 42.8 Å². The summed E-state index contributed by atoms with van der Waals surface area (Å²) in [5.41, 5.74) is 4.94. The van der Waals surface area contributed by atoms with E-state index < -0.39 is 0 Å². The quantitative estimate of drug-likeness (QED) is 0.853. The molecule has 0 radical (unpaired) electrons. The molecule has 2 aromatic heterocycles. The van der Waals surface area contributed by atoms with E-state index in [0.29, 0.717) is 0 Å². The van der Waals surface area contributed by atoms with Crippen molar-refractivity contribution in [3.05, 3.63) is 29.5 Å². The highest BCUT2D eigenvalue weighted by Crippen LogP contribution is 2.28. The molecule has 1 aliphatic rings. The Bertz CT molecular complexity index is 719. The smallest absolute Gasteiger partial charge is 0.219 e. The maximum absolute atomic E-state index is 11.6. The Balaban J connectivity index is 1.83. The lowest BCUT2D eigenvalue weighted by Gasteiger charge is -2.31. The first-order chi connectivity index (χ1) is 11.0. The molecule has 0 aromatic carbocycles. The first kappa shape index (κ1) is 15.6. The molecule has 3 rings (SSSR count). The molecule has 1 amide bonds. The largest absolute Gasteiger partial charge is 0.342 e. The maximum atomic E-state index is 11.6. The van der Waals surface area contributed by atoms with Crippen molar-refractivity contribution < 1.29 is 4.79 Å². The van der Waals surface area contributed by atoms with E-state index in [4.69, 9.17) is 0 Å². The number of amides is 1. The molecule has 0 aliphatic carbocycles. The van der Waals surface area contributed by atoms with Crippen molar-refractivity contribution in [3.63, 3.8) is 0 Å². The number of nitrogens with zero attached hydrogens (tertiary/aromatic N) is 5. The number of aromatic nitrogens is 4. The van der Waals surface area contributed by atoms with Gasteiger partial charge in [-0.1, -0.05) is 0 Å². The maximum Gasteiger partial charge on any atom is 0.219 e. The van der Waals surface area contributed by atoms with E-state index in [-0.39, 0.29) is 11.8 Å². The van der Waals surface area contributed by atoms with Gasteiger partial charge in [0.05, 0.1) is 23.3 Å². The summed E-state index contributed by atoms with van der Waals surface area (Å²) in [7, 11) is 1.94. The Labute approximate surface area is 136 Å². The van der Waals surface area contributed by atoms with Crippen LogP contribution in [0.5, 0.6) is 0 Å². The van der Waals surface area contributed by atoms with E-state index in [1.165, 1.54) is 0 Å². The Hall–Kier alpha value is -2.24. The molecule has 3 heterocycles.